The number of hydrogen-bond acceptors (Lipinski definition) is 6. The average molecular weight is 315 g/mol. The lowest BCUT2D eigenvalue weighted by atomic mass is 9.64. The van der Waals surface area contributed by atoms with Gasteiger partial charge in [-0.3, -0.25) is 4.90 Å². The molecule has 2 aromatic rings. The number of nitrogens with zero attached hydrogens (tertiary/aromatic N) is 5. The Morgan fingerprint density at radius 1 is 1.41 bits per heavy atom. The molecule has 0 amide bonds. The van der Waals surface area contributed by atoms with Gasteiger partial charge in [0, 0.05) is 37.8 Å². The predicted octanol–water partition coefficient (Wildman–Crippen LogP) is 2.42. The van der Waals surface area contributed by atoms with E-state index < -0.39 is 0 Å². The normalized spacial score (nSPS) is 28.0. The molecule has 2 fully saturated rings. The van der Waals surface area contributed by atoms with Crippen LogP contribution in [-0.4, -0.2) is 46.0 Å². The monoisotopic (exact) mass is 315 g/mol. The Bertz CT molecular complexity index is 609. The maximum absolute atomic E-state index is 4.41. The lowest BCUT2D eigenvalue weighted by Crippen LogP contribution is -2.51. The molecule has 6 heteroatoms. The van der Waals surface area contributed by atoms with Crippen LogP contribution in [0.25, 0.3) is 0 Å². The first-order valence-corrected chi connectivity index (χ1v) is 8.77. The lowest BCUT2D eigenvalue weighted by Gasteiger charge is -2.49. The third kappa shape index (κ3) is 2.61. The molecule has 1 aliphatic carbocycles. The van der Waals surface area contributed by atoms with E-state index in [-0.39, 0.29) is 0 Å². The largest absolute Gasteiger partial charge is 0.357 e. The van der Waals surface area contributed by atoms with Crippen molar-refractivity contribution in [3.05, 3.63) is 35.2 Å². The number of likely N-dealkylation sites (tertiary alicyclic amines) is 1. The van der Waals surface area contributed by atoms with Crippen molar-refractivity contribution in [2.24, 2.45) is 5.41 Å². The molecule has 1 spiro atoms. The molecular formula is C16H21N5S. The van der Waals surface area contributed by atoms with E-state index >= 15 is 0 Å². The summed E-state index contributed by atoms with van der Waals surface area (Å²) < 4.78 is 0. The first-order valence-electron chi connectivity index (χ1n) is 7.82. The number of rotatable bonds is 4. The molecule has 1 saturated carbocycles. The van der Waals surface area contributed by atoms with Gasteiger partial charge in [0.1, 0.15) is 12.1 Å². The Hall–Kier alpha value is -1.53. The van der Waals surface area contributed by atoms with Crippen LogP contribution in [0.5, 0.6) is 0 Å². The van der Waals surface area contributed by atoms with Crippen molar-refractivity contribution in [3.63, 3.8) is 0 Å². The van der Waals surface area contributed by atoms with Crippen LogP contribution in [0.2, 0.25) is 0 Å². The van der Waals surface area contributed by atoms with E-state index in [1.165, 1.54) is 38.0 Å². The van der Waals surface area contributed by atoms with Crippen molar-refractivity contribution in [2.45, 2.75) is 31.8 Å². The molecule has 0 N–H and O–H groups in total. The van der Waals surface area contributed by atoms with E-state index in [0.29, 0.717) is 11.5 Å². The third-order valence-electron chi connectivity index (χ3n) is 5.20. The molecular weight excluding hydrogens is 294 g/mol. The van der Waals surface area contributed by atoms with Gasteiger partial charge >= 0.3 is 0 Å². The van der Waals surface area contributed by atoms with Crippen LogP contribution in [-0.2, 0) is 6.54 Å². The van der Waals surface area contributed by atoms with Gasteiger partial charge in [-0.15, -0.1) is 11.3 Å². The maximum Gasteiger partial charge on any atom is 0.131 e. The summed E-state index contributed by atoms with van der Waals surface area (Å²) in [5, 5.41) is 2.16. The highest BCUT2D eigenvalue weighted by Gasteiger charge is 2.49. The Balaban J connectivity index is 1.33. The Morgan fingerprint density at radius 2 is 2.32 bits per heavy atom. The lowest BCUT2D eigenvalue weighted by molar-refractivity contribution is 0.106. The highest BCUT2D eigenvalue weighted by Crippen LogP contribution is 2.50. The van der Waals surface area contributed by atoms with Crippen LogP contribution in [0.15, 0.2) is 29.5 Å². The molecule has 5 nitrogen and oxygen atoms in total. The highest BCUT2D eigenvalue weighted by molar-refractivity contribution is 7.07. The van der Waals surface area contributed by atoms with Gasteiger partial charge < -0.3 is 4.90 Å². The molecule has 1 aliphatic heterocycles. The first-order chi connectivity index (χ1) is 10.7. The number of anilines is 1. The SMILES string of the molecule is CN(c1ccncn1)C1CC2(CCN(Cc3cscn3)C2)C1. The molecule has 4 rings (SSSR count). The van der Waals surface area contributed by atoms with Gasteiger partial charge in [-0.05, 0) is 37.3 Å². The van der Waals surface area contributed by atoms with E-state index in [9.17, 15) is 0 Å². The molecule has 0 aromatic carbocycles. The first kappa shape index (κ1) is 14.1. The zero-order valence-corrected chi connectivity index (χ0v) is 13.7. The quantitative estimate of drug-likeness (QED) is 0.867. The summed E-state index contributed by atoms with van der Waals surface area (Å²) in [7, 11) is 2.15. The zero-order valence-electron chi connectivity index (χ0n) is 12.9. The van der Waals surface area contributed by atoms with Gasteiger partial charge in [-0.1, -0.05) is 0 Å². The number of aromatic nitrogens is 3. The van der Waals surface area contributed by atoms with Gasteiger partial charge in [-0.25, -0.2) is 15.0 Å². The number of thiazole rings is 1. The Morgan fingerprint density at radius 3 is 3.05 bits per heavy atom. The fraction of sp³-hybridized carbons (Fsp3) is 0.562. The van der Waals surface area contributed by atoms with E-state index in [4.69, 9.17) is 0 Å². The second-order valence-electron chi connectivity index (χ2n) is 6.68. The molecule has 0 unspecified atom stereocenters. The second-order valence-corrected chi connectivity index (χ2v) is 7.40. The summed E-state index contributed by atoms with van der Waals surface area (Å²) in [6.45, 7) is 3.44. The van der Waals surface area contributed by atoms with Gasteiger partial charge in [0.05, 0.1) is 11.2 Å². The third-order valence-corrected chi connectivity index (χ3v) is 5.83. The van der Waals surface area contributed by atoms with Crippen molar-refractivity contribution in [3.8, 4) is 0 Å². The fourth-order valence-electron chi connectivity index (χ4n) is 3.93. The van der Waals surface area contributed by atoms with Crippen LogP contribution in [0.4, 0.5) is 5.82 Å². The minimum absolute atomic E-state index is 0.530. The van der Waals surface area contributed by atoms with Crippen molar-refractivity contribution in [1.29, 1.82) is 0 Å². The predicted molar refractivity (Wildman–Crippen MR) is 87.9 cm³/mol. The molecule has 2 aromatic heterocycles. The molecule has 2 aliphatic rings. The average Bonchev–Trinajstić information content (AvgIpc) is 3.16. The standard InChI is InChI=1S/C16H21N5S/c1-20(15-2-4-17-11-18-15)14-6-16(7-14)3-5-21(10-16)8-13-9-22-12-19-13/h2,4,9,11-12,14H,3,5-8,10H2,1H3. The van der Waals surface area contributed by atoms with Crippen molar-refractivity contribution in [1.82, 2.24) is 19.9 Å². The van der Waals surface area contributed by atoms with Gasteiger partial charge in [-0.2, -0.15) is 0 Å². The maximum atomic E-state index is 4.41. The van der Waals surface area contributed by atoms with Crippen LogP contribution < -0.4 is 4.90 Å². The zero-order chi connectivity index (χ0) is 15.0. The van der Waals surface area contributed by atoms with Crippen LogP contribution in [0.1, 0.15) is 25.0 Å². The summed E-state index contributed by atoms with van der Waals surface area (Å²) in [5.74, 6) is 1.03. The topological polar surface area (TPSA) is 45.2 Å². The minimum atomic E-state index is 0.530. The minimum Gasteiger partial charge on any atom is -0.357 e. The van der Waals surface area contributed by atoms with Gasteiger partial charge in [0.25, 0.3) is 0 Å². The van der Waals surface area contributed by atoms with E-state index in [1.54, 1.807) is 17.7 Å². The fourth-order valence-corrected chi connectivity index (χ4v) is 4.48. The summed E-state index contributed by atoms with van der Waals surface area (Å²) in [4.78, 5) is 17.6. The van der Waals surface area contributed by atoms with Crippen LogP contribution in [0.3, 0.4) is 0 Å². The van der Waals surface area contributed by atoms with Crippen molar-refractivity contribution in [2.75, 3.05) is 25.0 Å². The summed E-state index contributed by atoms with van der Waals surface area (Å²) in [5.41, 5.74) is 3.68. The van der Waals surface area contributed by atoms with Gasteiger partial charge in [0.2, 0.25) is 0 Å². The van der Waals surface area contributed by atoms with Crippen molar-refractivity contribution >= 4 is 17.2 Å². The number of hydrogen-bond donors (Lipinski definition) is 0. The summed E-state index contributed by atoms with van der Waals surface area (Å²) >= 11 is 1.69. The van der Waals surface area contributed by atoms with Gasteiger partial charge in [0.15, 0.2) is 0 Å². The Kier molecular flexibility index (Phi) is 3.58. The molecule has 22 heavy (non-hydrogen) atoms. The molecule has 1 saturated heterocycles. The molecule has 0 radical (unpaired) electrons. The van der Waals surface area contributed by atoms with E-state index in [0.717, 1.165) is 12.4 Å². The summed E-state index contributed by atoms with van der Waals surface area (Å²) in [6, 6.07) is 2.61. The Labute approximate surface area is 135 Å². The van der Waals surface area contributed by atoms with Crippen LogP contribution >= 0.6 is 11.3 Å². The second kappa shape index (κ2) is 5.59. The van der Waals surface area contributed by atoms with Crippen molar-refractivity contribution < 1.29 is 0 Å². The van der Waals surface area contributed by atoms with E-state index in [1.807, 2.05) is 17.8 Å². The molecule has 0 atom stereocenters. The molecule has 0 bridgehead atoms. The van der Waals surface area contributed by atoms with Crippen LogP contribution in [0, 0.1) is 5.41 Å². The van der Waals surface area contributed by atoms with E-state index in [2.05, 4.69) is 37.2 Å². The molecule has 116 valence electrons. The summed E-state index contributed by atoms with van der Waals surface area (Å²) in [6.07, 6.45) is 7.33. The molecule has 3 heterocycles. The smallest absolute Gasteiger partial charge is 0.131 e. The highest BCUT2D eigenvalue weighted by atomic mass is 32.1.